The van der Waals surface area contributed by atoms with E-state index in [2.05, 4.69) is 27.9 Å². The highest BCUT2D eigenvalue weighted by Gasteiger charge is 2.46. The van der Waals surface area contributed by atoms with Crippen molar-refractivity contribution < 1.29 is 14.3 Å². The second-order valence-corrected chi connectivity index (χ2v) is 5.42. The Balaban J connectivity index is 2.33. The Morgan fingerprint density at radius 2 is 2.11 bits per heavy atom. The summed E-state index contributed by atoms with van der Waals surface area (Å²) in [4.78, 5) is 23.1. The van der Waals surface area contributed by atoms with Crippen LogP contribution in [0.5, 0.6) is 0 Å². The molecule has 6 heteroatoms. The van der Waals surface area contributed by atoms with Gasteiger partial charge < -0.3 is 10.1 Å². The highest BCUT2D eigenvalue weighted by Crippen LogP contribution is 2.28. The fourth-order valence-corrected chi connectivity index (χ4v) is 2.31. The number of amides is 2. The average molecular weight is 361 g/mol. The topological polar surface area (TPSA) is 55.4 Å². The molecule has 1 aliphatic heterocycles. The van der Waals surface area contributed by atoms with Crippen molar-refractivity contribution in [3.63, 3.8) is 0 Å². The Labute approximate surface area is 119 Å². The third-order valence-electron chi connectivity index (χ3n) is 2.97. The van der Waals surface area contributed by atoms with E-state index in [1.165, 1.54) is 6.92 Å². The molecule has 0 radical (unpaired) electrons. The highest BCUT2D eigenvalue weighted by atomic mass is 127. The van der Waals surface area contributed by atoms with E-state index in [1.54, 1.807) is 0 Å². The van der Waals surface area contributed by atoms with Crippen molar-refractivity contribution >= 4 is 40.3 Å². The molecule has 2 amide bonds. The number of hydrogen-bond donors (Lipinski definition) is 1. The van der Waals surface area contributed by atoms with E-state index in [-0.39, 0.29) is 23.2 Å². The third kappa shape index (κ3) is 2.49. The van der Waals surface area contributed by atoms with Gasteiger partial charge in [0.05, 0.1) is 0 Å². The zero-order valence-electron chi connectivity index (χ0n) is 9.98. The molecule has 0 aromatic heterocycles. The van der Waals surface area contributed by atoms with Crippen LogP contribution in [0.2, 0.25) is 0 Å². The molecule has 1 N–H and O–H groups in total. The maximum Gasteiger partial charge on any atom is 0.523 e. The number of rotatable bonds is 3. The monoisotopic (exact) mass is 361 g/mol. The molecule has 18 heavy (non-hydrogen) atoms. The van der Waals surface area contributed by atoms with Gasteiger partial charge in [0.25, 0.3) is 0 Å². The first-order valence-corrected chi connectivity index (χ1v) is 6.67. The van der Waals surface area contributed by atoms with Crippen LogP contribution in [0.3, 0.4) is 0 Å². The number of nitrogens with one attached hydrogen (secondary N) is 1. The fraction of sp³-hybridized carbons (Fsp3) is 0.333. The van der Waals surface area contributed by atoms with Gasteiger partial charge in [0, 0.05) is 22.6 Å². The summed E-state index contributed by atoms with van der Waals surface area (Å²) in [6, 6.07) is 7.68. The molecule has 0 bridgehead atoms. The first-order valence-electron chi connectivity index (χ1n) is 5.59. The Morgan fingerprint density at radius 3 is 2.61 bits per heavy atom. The van der Waals surface area contributed by atoms with Crippen LogP contribution in [0.25, 0.3) is 0 Å². The zero-order chi connectivity index (χ0) is 13.2. The molecule has 1 aliphatic rings. The predicted octanol–water partition coefficient (Wildman–Crippen LogP) is 1.84. The molecule has 0 saturated carbocycles. The Hall–Kier alpha value is -1.15. The number of nitrogens with zero attached hydrogens (tertiary/aromatic N) is 1. The van der Waals surface area contributed by atoms with Gasteiger partial charge in [-0.05, 0) is 34.7 Å². The van der Waals surface area contributed by atoms with Crippen molar-refractivity contribution in [2.45, 2.75) is 6.92 Å². The molecule has 0 spiro atoms. The van der Waals surface area contributed by atoms with Gasteiger partial charge >= 0.3 is 6.09 Å². The van der Waals surface area contributed by atoms with E-state index in [4.69, 9.17) is 4.74 Å². The highest BCUT2D eigenvalue weighted by molar-refractivity contribution is 14.1. The van der Waals surface area contributed by atoms with Gasteiger partial charge in [-0.1, -0.05) is 0 Å². The molecular formula is C12H14IN2O3+. The molecule has 1 saturated heterocycles. The number of ether oxygens (including phenoxy) is 1. The van der Waals surface area contributed by atoms with Crippen LogP contribution in [0, 0.1) is 3.57 Å². The summed E-state index contributed by atoms with van der Waals surface area (Å²) in [7, 11) is 0. The summed E-state index contributed by atoms with van der Waals surface area (Å²) < 4.78 is 6.19. The number of carbonyl (C=O) groups excluding carboxylic acids is 2. The lowest BCUT2D eigenvalue weighted by Crippen LogP contribution is -2.56. The Kier molecular flexibility index (Phi) is 3.86. The predicted molar refractivity (Wildman–Crippen MR) is 75.9 cm³/mol. The first-order chi connectivity index (χ1) is 8.54. The average Bonchev–Trinajstić information content (AvgIpc) is 2.70. The summed E-state index contributed by atoms with van der Waals surface area (Å²) in [6.45, 7) is 2.59. The second kappa shape index (κ2) is 5.23. The minimum atomic E-state index is -0.315. The molecule has 1 aromatic rings. The third-order valence-corrected chi connectivity index (χ3v) is 3.69. The summed E-state index contributed by atoms with van der Waals surface area (Å²) in [5, 5.41) is 2.70. The Morgan fingerprint density at radius 1 is 1.44 bits per heavy atom. The van der Waals surface area contributed by atoms with Crippen molar-refractivity contribution in [3.05, 3.63) is 27.8 Å². The van der Waals surface area contributed by atoms with E-state index in [9.17, 15) is 9.59 Å². The van der Waals surface area contributed by atoms with Crippen molar-refractivity contribution in [1.82, 2.24) is 9.80 Å². The normalized spacial score (nSPS) is 22.7. The van der Waals surface area contributed by atoms with Crippen LogP contribution in [0.15, 0.2) is 24.3 Å². The van der Waals surface area contributed by atoms with Gasteiger partial charge in [-0.2, -0.15) is 9.28 Å². The van der Waals surface area contributed by atoms with E-state index in [0.717, 1.165) is 9.26 Å². The fourth-order valence-electron chi connectivity index (χ4n) is 1.95. The van der Waals surface area contributed by atoms with Crippen LogP contribution in [0.1, 0.15) is 6.92 Å². The molecule has 5 nitrogen and oxygen atoms in total. The molecule has 1 unspecified atom stereocenters. The van der Waals surface area contributed by atoms with Gasteiger partial charge in [-0.15, -0.1) is 0 Å². The second-order valence-electron chi connectivity index (χ2n) is 4.17. The maximum atomic E-state index is 12.0. The maximum absolute atomic E-state index is 12.0. The number of hydrogen-bond acceptors (Lipinski definition) is 3. The number of benzene rings is 1. The van der Waals surface area contributed by atoms with Gasteiger partial charge in [-0.3, -0.25) is 4.79 Å². The number of carbonyl (C=O) groups is 2. The number of cyclic esters (lactones) is 1. The van der Waals surface area contributed by atoms with Crippen LogP contribution in [0.4, 0.5) is 10.5 Å². The van der Waals surface area contributed by atoms with Crippen LogP contribution >= 0.6 is 22.6 Å². The SMILES string of the molecule is CC(=O)NC[N+]1(c2ccc(I)cc2)CCOC1=O. The lowest BCUT2D eigenvalue weighted by molar-refractivity contribution is -0.119. The molecule has 1 fully saturated rings. The lowest BCUT2D eigenvalue weighted by Gasteiger charge is -2.27. The Bertz CT molecular complexity index is 475. The smallest absolute Gasteiger partial charge is 0.414 e. The molecule has 1 atom stereocenters. The zero-order valence-corrected chi connectivity index (χ0v) is 12.1. The number of quaternary nitrogens is 1. The summed E-state index contributed by atoms with van der Waals surface area (Å²) in [6.07, 6.45) is -0.315. The van der Waals surface area contributed by atoms with Crippen LogP contribution in [-0.2, 0) is 9.53 Å². The van der Waals surface area contributed by atoms with Crippen molar-refractivity contribution in [2.75, 3.05) is 19.8 Å². The van der Waals surface area contributed by atoms with Crippen LogP contribution in [-0.4, -0.2) is 31.8 Å². The molecule has 2 rings (SSSR count). The molecular weight excluding hydrogens is 347 g/mol. The molecule has 0 aliphatic carbocycles. The van der Waals surface area contributed by atoms with Gasteiger partial charge in [-0.25, -0.2) is 0 Å². The van der Waals surface area contributed by atoms with E-state index >= 15 is 0 Å². The van der Waals surface area contributed by atoms with Crippen molar-refractivity contribution in [3.8, 4) is 0 Å². The molecule has 1 heterocycles. The number of halogens is 1. The standard InChI is InChI=1S/C12H13IN2O3/c1-9(16)14-8-15(6-7-18-12(15)17)11-4-2-10(13)3-5-11/h2-5H,6-8H2,1H3/p+1. The molecule has 96 valence electrons. The minimum Gasteiger partial charge on any atom is -0.414 e. The van der Waals surface area contributed by atoms with E-state index in [0.29, 0.717) is 13.2 Å². The summed E-state index contributed by atoms with van der Waals surface area (Å²) in [5.74, 6) is -0.155. The first kappa shape index (κ1) is 13.3. The quantitative estimate of drug-likeness (QED) is 0.661. The molecule has 1 aromatic carbocycles. The summed E-state index contributed by atoms with van der Waals surface area (Å²) >= 11 is 2.21. The lowest BCUT2D eigenvalue weighted by atomic mass is 10.2. The van der Waals surface area contributed by atoms with E-state index in [1.807, 2.05) is 24.3 Å². The van der Waals surface area contributed by atoms with Gasteiger partial charge in [0.1, 0.15) is 18.8 Å². The largest absolute Gasteiger partial charge is 0.523 e. The van der Waals surface area contributed by atoms with Crippen molar-refractivity contribution in [1.29, 1.82) is 0 Å². The summed E-state index contributed by atoms with van der Waals surface area (Å²) in [5.41, 5.74) is 0.840. The van der Waals surface area contributed by atoms with Crippen molar-refractivity contribution in [2.24, 2.45) is 0 Å². The minimum absolute atomic E-state index is 0.0243. The van der Waals surface area contributed by atoms with Gasteiger partial charge in [0.15, 0.2) is 6.67 Å². The van der Waals surface area contributed by atoms with Crippen LogP contribution < -0.4 is 9.80 Å². The van der Waals surface area contributed by atoms with Gasteiger partial charge in [0.2, 0.25) is 5.91 Å². The van der Waals surface area contributed by atoms with E-state index < -0.39 is 0 Å².